The SMILES string of the molecule is C=C[Si](C=C)(C=C)CC[Si](C)(C)CC(C)[Si](C)(C)COC(=O)OC[Si](C)(C)C(C)C[Si](C)(C)CC[Si](C=C)(C=C)C=C. The second-order valence-electron chi connectivity index (χ2n) is 15.8. The van der Waals surface area contributed by atoms with E-state index in [-0.39, 0.29) is 0 Å². The van der Waals surface area contributed by atoms with Crippen LogP contribution >= 0.6 is 0 Å². The first-order valence-corrected chi connectivity index (χ1v) is 34.0. The fourth-order valence-electron chi connectivity index (χ4n) is 5.45. The quantitative estimate of drug-likeness (QED) is 0.0844. The van der Waals surface area contributed by atoms with Gasteiger partial charge in [-0.25, -0.2) is 4.79 Å². The molecule has 0 saturated carbocycles. The number of rotatable bonds is 22. The van der Waals surface area contributed by atoms with Crippen LogP contribution in [0.2, 0.25) is 99.7 Å². The van der Waals surface area contributed by atoms with Gasteiger partial charge in [-0.15, -0.1) is 39.5 Å². The molecule has 240 valence electrons. The summed E-state index contributed by atoms with van der Waals surface area (Å²) in [6.45, 7) is 48.5. The van der Waals surface area contributed by atoms with Crippen molar-refractivity contribution < 1.29 is 14.3 Å². The van der Waals surface area contributed by atoms with Gasteiger partial charge in [-0.05, 0) is 23.2 Å². The largest absolute Gasteiger partial charge is 0.507 e. The molecule has 0 aromatic rings. The van der Waals surface area contributed by atoms with Crippen molar-refractivity contribution in [1.82, 2.24) is 0 Å². The molecule has 2 unspecified atom stereocenters. The van der Waals surface area contributed by atoms with E-state index in [4.69, 9.17) is 9.47 Å². The van der Waals surface area contributed by atoms with Gasteiger partial charge in [0.05, 0.1) is 28.6 Å². The van der Waals surface area contributed by atoms with Crippen molar-refractivity contribution in [1.29, 1.82) is 0 Å². The average molecular weight is 679 g/mol. The third-order valence-corrected chi connectivity index (χ3v) is 33.0. The van der Waals surface area contributed by atoms with Gasteiger partial charge in [0.25, 0.3) is 0 Å². The predicted molar refractivity (Wildman–Crippen MR) is 208 cm³/mol. The van der Waals surface area contributed by atoms with E-state index in [2.05, 4.69) is 140 Å². The van der Waals surface area contributed by atoms with Gasteiger partial charge in [-0.3, -0.25) is 0 Å². The summed E-state index contributed by atoms with van der Waals surface area (Å²) in [7, 11) is -9.97. The van der Waals surface area contributed by atoms with Gasteiger partial charge in [0.2, 0.25) is 0 Å². The summed E-state index contributed by atoms with van der Waals surface area (Å²) < 4.78 is 11.6. The zero-order valence-electron chi connectivity index (χ0n) is 29.2. The van der Waals surface area contributed by atoms with Crippen LogP contribution in [0.3, 0.4) is 0 Å². The molecule has 0 aliphatic carbocycles. The van der Waals surface area contributed by atoms with Gasteiger partial charge in [0, 0.05) is 16.1 Å². The van der Waals surface area contributed by atoms with Gasteiger partial charge < -0.3 is 9.47 Å². The Kier molecular flexibility index (Phi) is 16.5. The van der Waals surface area contributed by atoms with E-state index >= 15 is 0 Å². The van der Waals surface area contributed by atoms with Crippen molar-refractivity contribution >= 4 is 54.6 Å². The van der Waals surface area contributed by atoms with Gasteiger partial charge in [-0.1, -0.05) is 125 Å². The Morgan fingerprint density at radius 1 is 0.548 bits per heavy atom. The summed E-state index contributed by atoms with van der Waals surface area (Å²) in [6, 6.07) is 7.29. The summed E-state index contributed by atoms with van der Waals surface area (Å²) in [4.78, 5) is 12.7. The first-order valence-electron chi connectivity index (χ1n) is 15.7. The van der Waals surface area contributed by atoms with Crippen LogP contribution in [0.15, 0.2) is 73.7 Å². The Morgan fingerprint density at radius 3 is 1.05 bits per heavy atom. The molecule has 0 N–H and O–H groups in total. The minimum Gasteiger partial charge on any atom is -0.438 e. The third-order valence-electron chi connectivity index (χ3n) is 10.3. The van der Waals surface area contributed by atoms with Crippen LogP contribution < -0.4 is 0 Å². The molecule has 2 atom stereocenters. The van der Waals surface area contributed by atoms with E-state index in [0.717, 1.165) is 12.1 Å². The van der Waals surface area contributed by atoms with Crippen LogP contribution in [0.4, 0.5) is 4.79 Å². The summed E-state index contributed by atoms with van der Waals surface area (Å²) in [5, 5.41) is 0. The summed E-state index contributed by atoms with van der Waals surface area (Å²) in [5.41, 5.74) is 13.8. The highest BCUT2D eigenvalue weighted by molar-refractivity contribution is 6.95. The zero-order valence-corrected chi connectivity index (χ0v) is 35.2. The number of carbonyl (C=O) groups excluding carboxylic acids is 1. The maximum atomic E-state index is 12.7. The summed E-state index contributed by atoms with van der Waals surface area (Å²) in [5.74, 6) is 0. The Hall–Kier alpha value is -0.989. The molecule has 0 heterocycles. The summed E-state index contributed by atoms with van der Waals surface area (Å²) in [6.07, 6.45) is 0.545. The monoisotopic (exact) mass is 678 g/mol. The Balaban J connectivity index is 4.97. The first kappa shape index (κ1) is 41.0. The maximum Gasteiger partial charge on any atom is 0.507 e. The molecular weight excluding hydrogens is 613 g/mol. The Morgan fingerprint density at radius 2 is 0.810 bits per heavy atom. The lowest BCUT2D eigenvalue weighted by Gasteiger charge is -2.36. The highest BCUT2D eigenvalue weighted by Gasteiger charge is 2.38. The lowest BCUT2D eigenvalue weighted by atomic mass is 10.5. The third kappa shape index (κ3) is 13.3. The summed E-state index contributed by atoms with van der Waals surface area (Å²) >= 11 is 0. The minimum absolute atomic E-state index is 0.485. The van der Waals surface area contributed by atoms with E-state index in [1.807, 2.05) is 0 Å². The van der Waals surface area contributed by atoms with Crippen LogP contribution in [-0.2, 0) is 9.47 Å². The predicted octanol–water partition coefficient (Wildman–Crippen LogP) is 11.1. The molecule has 0 spiro atoms. The molecule has 0 aromatic heterocycles. The van der Waals surface area contributed by atoms with Crippen molar-refractivity contribution in [2.24, 2.45) is 0 Å². The molecule has 0 aromatic carbocycles. The van der Waals surface area contributed by atoms with Gasteiger partial charge >= 0.3 is 6.16 Å². The minimum atomic E-state index is -1.78. The van der Waals surface area contributed by atoms with E-state index in [0.29, 0.717) is 23.5 Å². The normalized spacial score (nSPS) is 14.7. The fourth-order valence-corrected chi connectivity index (χ4v) is 29.6. The van der Waals surface area contributed by atoms with Crippen LogP contribution in [0.1, 0.15) is 13.8 Å². The Labute approximate surface area is 267 Å². The average Bonchev–Trinajstić information content (AvgIpc) is 2.92. The highest BCUT2D eigenvalue weighted by atomic mass is 28.3. The molecule has 9 heteroatoms. The Bertz CT molecular complexity index is 836. The number of ether oxygens (including phenoxy) is 2. The van der Waals surface area contributed by atoms with E-state index in [1.54, 1.807) is 0 Å². The van der Waals surface area contributed by atoms with Crippen molar-refractivity contribution in [2.45, 2.75) is 114 Å². The van der Waals surface area contributed by atoms with Gasteiger partial charge in [0.1, 0.15) is 16.1 Å². The topological polar surface area (TPSA) is 35.5 Å². The molecule has 0 saturated heterocycles. The van der Waals surface area contributed by atoms with Crippen molar-refractivity contribution in [2.75, 3.05) is 12.5 Å². The molecule has 42 heavy (non-hydrogen) atoms. The molecule has 3 nitrogen and oxygen atoms in total. The van der Waals surface area contributed by atoms with E-state index < -0.39 is 54.6 Å². The maximum absolute atomic E-state index is 12.7. The fraction of sp³-hybridized carbons (Fsp3) is 0.606. The van der Waals surface area contributed by atoms with Gasteiger partial charge in [-0.2, -0.15) is 0 Å². The molecule has 0 fully saturated rings. The van der Waals surface area contributed by atoms with Crippen LogP contribution in [0.25, 0.3) is 0 Å². The smallest absolute Gasteiger partial charge is 0.438 e. The van der Waals surface area contributed by atoms with Crippen LogP contribution in [0, 0.1) is 0 Å². The highest BCUT2D eigenvalue weighted by Crippen LogP contribution is 2.36. The van der Waals surface area contributed by atoms with Crippen molar-refractivity contribution in [3.05, 3.63) is 73.7 Å². The number of carbonyl (C=O) groups is 1. The lowest BCUT2D eigenvalue weighted by molar-refractivity contribution is 0.0773. The second kappa shape index (κ2) is 16.9. The molecular formula is C33H66O3Si6. The molecule has 0 amide bonds. The van der Waals surface area contributed by atoms with E-state index in [9.17, 15) is 4.79 Å². The first-order chi connectivity index (χ1) is 19.1. The number of hydrogen-bond acceptors (Lipinski definition) is 3. The molecule has 0 bridgehead atoms. The molecule has 0 rings (SSSR count). The van der Waals surface area contributed by atoms with Crippen molar-refractivity contribution in [3.63, 3.8) is 0 Å². The van der Waals surface area contributed by atoms with Crippen LogP contribution in [0.5, 0.6) is 0 Å². The number of hydrogen-bond donors (Lipinski definition) is 0. The molecule has 0 aliphatic heterocycles. The molecule has 0 aliphatic rings. The molecule has 0 radical (unpaired) electrons. The van der Waals surface area contributed by atoms with Gasteiger partial charge in [0.15, 0.2) is 0 Å². The van der Waals surface area contributed by atoms with Crippen LogP contribution in [-0.4, -0.2) is 67.1 Å². The standard InChI is InChI=1S/C33H66O3Si6/c1-17-41(18-2,19-3)25-23-37(9,10)27-31(7)39(13,14)29-35-33(34)36-30-40(15,16)32(8)28-38(11,12)24-26-42(20-4,21-5)22-6/h17-22,31-32H,1-6,23-30H2,7-16H3. The second-order valence-corrected chi connectivity index (χ2v) is 44.7. The lowest BCUT2D eigenvalue weighted by Crippen LogP contribution is -2.44. The zero-order chi connectivity index (χ0) is 33.0. The van der Waals surface area contributed by atoms with E-state index in [1.165, 1.54) is 24.2 Å². The van der Waals surface area contributed by atoms with Crippen molar-refractivity contribution in [3.8, 4) is 0 Å².